The van der Waals surface area contributed by atoms with Gasteiger partial charge in [0.05, 0.1) is 18.7 Å². The Morgan fingerprint density at radius 2 is 2.00 bits per heavy atom. The normalized spacial score (nSPS) is 16.0. The molecule has 1 atom stereocenters. The molecule has 1 aliphatic rings. The minimum absolute atomic E-state index is 0.0269. The van der Waals surface area contributed by atoms with Crippen LogP contribution in [0.1, 0.15) is 37.8 Å². The Morgan fingerprint density at radius 3 is 2.71 bits per heavy atom. The van der Waals surface area contributed by atoms with Gasteiger partial charge in [0.2, 0.25) is 5.82 Å². The van der Waals surface area contributed by atoms with Crippen molar-refractivity contribution < 1.29 is 23.9 Å². The molecule has 2 amide bonds. The third kappa shape index (κ3) is 4.74. The van der Waals surface area contributed by atoms with Crippen molar-refractivity contribution in [2.75, 3.05) is 26.9 Å². The van der Waals surface area contributed by atoms with Crippen LogP contribution in [0, 0.1) is 0 Å². The van der Waals surface area contributed by atoms with Crippen molar-refractivity contribution in [2.45, 2.75) is 26.3 Å². The zero-order valence-corrected chi connectivity index (χ0v) is 19.4. The van der Waals surface area contributed by atoms with Crippen LogP contribution in [-0.2, 0) is 4.74 Å². The molecule has 0 aliphatic carbocycles. The van der Waals surface area contributed by atoms with Crippen molar-refractivity contribution in [3.8, 4) is 22.9 Å². The summed E-state index contributed by atoms with van der Waals surface area (Å²) in [7, 11) is 1.48. The maximum atomic E-state index is 13.0. The lowest BCUT2D eigenvalue weighted by Gasteiger charge is -2.35. The second-order valence-electron chi connectivity index (χ2n) is 7.80. The summed E-state index contributed by atoms with van der Waals surface area (Å²) < 4.78 is 16.3. The fourth-order valence-electron chi connectivity index (χ4n) is 3.97. The highest BCUT2D eigenvalue weighted by Crippen LogP contribution is 2.39. The van der Waals surface area contributed by atoms with Crippen LogP contribution in [0.2, 0.25) is 0 Å². The van der Waals surface area contributed by atoms with E-state index in [9.17, 15) is 9.90 Å². The van der Waals surface area contributed by atoms with Gasteiger partial charge in [0.15, 0.2) is 11.5 Å². The molecule has 0 saturated carbocycles. The van der Waals surface area contributed by atoms with Crippen molar-refractivity contribution in [3.63, 3.8) is 0 Å². The second-order valence-corrected chi connectivity index (χ2v) is 7.80. The zero-order chi connectivity index (χ0) is 24.1. The number of aromatic hydroxyl groups is 1. The van der Waals surface area contributed by atoms with Crippen molar-refractivity contribution in [1.29, 1.82) is 0 Å². The van der Waals surface area contributed by atoms with Gasteiger partial charge in [-0.2, -0.15) is 4.98 Å². The van der Waals surface area contributed by atoms with E-state index < -0.39 is 6.04 Å². The molecule has 4 rings (SSSR count). The number of nitrogens with one attached hydrogen (secondary N) is 1. The molecule has 0 fully saturated rings. The molecule has 34 heavy (non-hydrogen) atoms. The first-order chi connectivity index (χ1) is 16.5. The van der Waals surface area contributed by atoms with E-state index in [4.69, 9.17) is 14.0 Å². The molecule has 0 bridgehead atoms. The maximum Gasteiger partial charge on any atom is 0.322 e. The number of benzene rings is 2. The topological polar surface area (TPSA) is 110 Å². The van der Waals surface area contributed by atoms with Crippen LogP contribution in [0.4, 0.5) is 4.79 Å². The molecule has 1 aromatic heterocycles. The number of nitrogens with zero attached hydrogens (tertiary/aromatic N) is 3. The fourth-order valence-corrected chi connectivity index (χ4v) is 3.97. The van der Waals surface area contributed by atoms with Gasteiger partial charge in [-0.15, -0.1) is 0 Å². The molecule has 9 heteroatoms. The Labute approximate surface area is 198 Å². The molecular formula is C25H28N4O5. The first-order valence-electron chi connectivity index (χ1n) is 11.2. The first-order valence-corrected chi connectivity index (χ1v) is 11.2. The summed E-state index contributed by atoms with van der Waals surface area (Å²) in [6.45, 7) is 5.45. The zero-order valence-electron chi connectivity index (χ0n) is 19.4. The summed E-state index contributed by atoms with van der Waals surface area (Å²) in [5, 5.41) is 17.5. The summed E-state index contributed by atoms with van der Waals surface area (Å²) >= 11 is 0. The van der Waals surface area contributed by atoms with E-state index >= 15 is 0 Å². The highest BCUT2D eigenvalue weighted by molar-refractivity contribution is 5.87. The molecule has 178 valence electrons. The third-order valence-electron chi connectivity index (χ3n) is 5.70. The number of carbonyl (C=O) groups is 1. The van der Waals surface area contributed by atoms with Gasteiger partial charge in [-0.1, -0.05) is 41.6 Å². The quantitative estimate of drug-likeness (QED) is 0.452. The fraction of sp³-hybridized carbons (Fsp3) is 0.320. The van der Waals surface area contributed by atoms with Gasteiger partial charge in [-0.05, 0) is 38.0 Å². The smallest absolute Gasteiger partial charge is 0.322 e. The number of hydrogen-bond donors (Lipinski definition) is 2. The van der Waals surface area contributed by atoms with Crippen LogP contribution in [0.25, 0.3) is 17.0 Å². The van der Waals surface area contributed by atoms with Crippen molar-refractivity contribution in [2.24, 2.45) is 0 Å². The Kier molecular flexibility index (Phi) is 7.12. The van der Waals surface area contributed by atoms with Crippen molar-refractivity contribution >= 4 is 11.6 Å². The van der Waals surface area contributed by atoms with E-state index in [1.807, 2.05) is 44.2 Å². The average Bonchev–Trinajstić information content (AvgIpc) is 3.33. The van der Waals surface area contributed by atoms with E-state index in [1.165, 1.54) is 7.11 Å². The average molecular weight is 465 g/mol. The van der Waals surface area contributed by atoms with Gasteiger partial charge >= 0.3 is 6.03 Å². The van der Waals surface area contributed by atoms with Gasteiger partial charge in [0, 0.05) is 31.0 Å². The number of rotatable bonds is 9. The lowest BCUT2D eigenvalue weighted by atomic mass is 9.94. The molecule has 0 saturated heterocycles. The molecule has 0 radical (unpaired) electrons. The molecule has 1 unspecified atom stereocenters. The Morgan fingerprint density at radius 1 is 1.21 bits per heavy atom. The summed E-state index contributed by atoms with van der Waals surface area (Å²) in [4.78, 5) is 19.3. The second kappa shape index (κ2) is 10.4. The predicted octanol–water partition coefficient (Wildman–Crippen LogP) is 4.37. The van der Waals surface area contributed by atoms with E-state index in [0.29, 0.717) is 60.5 Å². The van der Waals surface area contributed by atoms with Gasteiger partial charge in [0.25, 0.3) is 5.89 Å². The monoisotopic (exact) mass is 464 g/mol. The number of ether oxygens (including phenoxy) is 2. The molecule has 1 aliphatic heterocycles. The number of phenolic OH excluding ortho intramolecular Hbond substituents is 1. The summed E-state index contributed by atoms with van der Waals surface area (Å²) in [6.07, 6.45) is 0.680. The number of carbonyl (C=O) groups excluding carboxylic acids is 1. The Balaban J connectivity index is 1.75. The largest absolute Gasteiger partial charge is 0.504 e. The highest BCUT2D eigenvalue weighted by Gasteiger charge is 2.36. The number of urea groups is 1. The number of methoxy groups -OCH3 is 1. The molecule has 2 N–H and O–H groups in total. The lowest BCUT2D eigenvalue weighted by Crippen LogP contribution is -2.46. The van der Waals surface area contributed by atoms with Crippen LogP contribution >= 0.6 is 0 Å². The maximum absolute atomic E-state index is 13.0. The molecule has 2 heterocycles. The third-order valence-corrected chi connectivity index (χ3v) is 5.70. The summed E-state index contributed by atoms with van der Waals surface area (Å²) in [6, 6.07) is 13.7. The van der Waals surface area contributed by atoms with Crippen molar-refractivity contribution in [1.82, 2.24) is 20.4 Å². The highest BCUT2D eigenvalue weighted by atomic mass is 16.5. The lowest BCUT2D eigenvalue weighted by molar-refractivity contribution is 0.136. The Hall–Kier alpha value is -3.85. The molecule has 2 aromatic carbocycles. The molecule has 0 spiro atoms. The van der Waals surface area contributed by atoms with Crippen molar-refractivity contribution in [3.05, 3.63) is 65.7 Å². The SMILES string of the molecule is CCOCCCN1C(=O)NC(c2ccc(OC)c(O)c2)C(c2nc(-c3ccccc3)no2)=C1C. The van der Waals surface area contributed by atoms with Gasteiger partial charge in [-0.25, -0.2) is 4.79 Å². The standard InChI is InChI=1S/C25H28N4O5/c1-4-33-14-8-13-29-16(2)21(24-27-23(28-34-24)17-9-6-5-7-10-17)22(26-25(29)31)18-11-12-20(32-3)19(30)15-18/h5-7,9-12,15,22,30H,4,8,13-14H2,1-3H3,(H,26,31). The van der Waals surface area contributed by atoms with Crippen LogP contribution in [0.3, 0.4) is 0 Å². The Bertz CT molecular complexity index is 1180. The number of aromatic nitrogens is 2. The van der Waals surface area contributed by atoms with E-state index in [-0.39, 0.29) is 11.8 Å². The summed E-state index contributed by atoms with van der Waals surface area (Å²) in [5.41, 5.74) is 2.84. The first kappa shape index (κ1) is 23.3. The van der Waals surface area contributed by atoms with Crippen LogP contribution < -0.4 is 10.1 Å². The van der Waals surface area contributed by atoms with Crippen LogP contribution in [-0.4, -0.2) is 53.0 Å². The van der Waals surface area contributed by atoms with E-state index in [0.717, 1.165) is 5.56 Å². The number of amides is 2. The molecule has 3 aromatic rings. The van der Waals surface area contributed by atoms with Crippen LogP contribution in [0.5, 0.6) is 11.5 Å². The number of phenols is 1. The summed E-state index contributed by atoms with van der Waals surface area (Å²) in [5.74, 6) is 1.06. The molecule has 9 nitrogen and oxygen atoms in total. The van der Waals surface area contributed by atoms with Gasteiger partial charge in [-0.3, -0.25) is 4.90 Å². The number of hydrogen-bond acceptors (Lipinski definition) is 7. The predicted molar refractivity (Wildman–Crippen MR) is 126 cm³/mol. The van der Waals surface area contributed by atoms with Gasteiger partial charge in [0.1, 0.15) is 0 Å². The minimum Gasteiger partial charge on any atom is -0.504 e. The number of allylic oxidation sites excluding steroid dienone is 1. The van der Waals surface area contributed by atoms with E-state index in [2.05, 4.69) is 15.5 Å². The van der Waals surface area contributed by atoms with Crippen LogP contribution in [0.15, 0.2) is 58.8 Å². The van der Waals surface area contributed by atoms with Gasteiger partial charge < -0.3 is 24.4 Å². The molecular weight excluding hydrogens is 436 g/mol. The minimum atomic E-state index is -0.600. The van der Waals surface area contributed by atoms with E-state index in [1.54, 1.807) is 23.1 Å².